The van der Waals surface area contributed by atoms with Crippen LogP contribution in [0.15, 0.2) is 40.5 Å². The van der Waals surface area contributed by atoms with Crippen molar-refractivity contribution in [3.8, 4) is 5.75 Å². The van der Waals surface area contributed by atoms with Crippen LogP contribution in [0, 0.1) is 0 Å². The Kier molecular flexibility index (Phi) is 10.3. The number of aromatic nitrogens is 4. The molecule has 0 bridgehead atoms. The fraction of sp³-hybridized carbons (Fsp3) is 0.500. The summed E-state index contributed by atoms with van der Waals surface area (Å²) in [6, 6.07) is 7.05. The van der Waals surface area contributed by atoms with Gasteiger partial charge in [0.05, 0.1) is 30.0 Å². The first-order valence-electron chi connectivity index (χ1n) is 12.0. The van der Waals surface area contributed by atoms with Crippen LogP contribution < -0.4 is 10.5 Å². The molecule has 0 saturated heterocycles. The molecule has 0 spiro atoms. The summed E-state index contributed by atoms with van der Waals surface area (Å²) in [5, 5.41) is 0.289. The highest BCUT2D eigenvalue weighted by Crippen LogP contribution is 2.67. The van der Waals surface area contributed by atoms with Gasteiger partial charge in [-0.2, -0.15) is 31.3 Å². The molecule has 1 aromatic carbocycles. The van der Waals surface area contributed by atoms with Gasteiger partial charge in [0, 0.05) is 0 Å². The van der Waals surface area contributed by atoms with Crippen molar-refractivity contribution in [2.24, 2.45) is 0 Å². The van der Waals surface area contributed by atoms with Crippen LogP contribution >= 0.6 is 26.5 Å². The number of alkyl halides is 6. The lowest BCUT2D eigenvalue weighted by atomic mass is 10.3. The Hall–Kier alpha value is -2.36. The molecule has 4 N–H and O–H groups in total. The summed E-state index contributed by atoms with van der Waals surface area (Å²) in [5.74, 6) is 0.352. The molecular weight excluding hydrogens is 638 g/mol. The van der Waals surface area contributed by atoms with Crippen molar-refractivity contribution in [2.75, 3.05) is 18.1 Å². The van der Waals surface area contributed by atoms with Crippen LogP contribution in [0.25, 0.3) is 11.2 Å². The van der Waals surface area contributed by atoms with Crippen molar-refractivity contribution in [3.63, 3.8) is 0 Å². The Morgan fingerprint density at radius 2 is 1.57 bits per heavy atom. The second kappa shape index (κ2) is 12.7. The van der Waals surface area contributed by atoms with Crippen LogP contribution in [-0.2, 0) is 20.4 Å². The number of rotatable bonds is 12. The van der Waals surface area contributed by atoms with E-state index < -0.39 is 57.6 Å². The molecule has 0 aliphatic rings. The van der Waals surface area contributed by atoms with E-state index >= 15 is 0 Å². The number of nitrogens with two attached hydrogens (primary N) is 1. The number of halogens is 6. The Labute approximate surface area is 239 Å². The van der Waals surface area contributed by atoms with Gasteiger partial charge >= 0.3 is 12.4 Å². The molecule has 42 heavy (non-hydrogen) atoms. The number of fused-ring (bicyclic) bond motifs is 1. The van der Waals surface area contributed by atoms with Gasteiger partial charge < -0.3 is 29.6 Å². The van der Waals surface area contributed by atoms with E-state index in [0.717, 1.165) is 18.7 Å². The van der Waals surface area contributed by atoms with E-state index in [1.807, 2.05) is 13.8 Å². The van der Waals surface area contributed by atoms with Gasteiger partial charge in [-0.15, -0.1) is 0 Å². The Bertz CT molecular complexity index is 1470. The van der Waals surface area contributed by atoms with E-state index in [9.17, 15) is 45.3 Å². The van der Waals surface area contributed by atoms with Crippen molar-refractivity contribution in [3.05, 3.63) is 30.6 Å². The molecule has 2 heterocycles. The number of para-hydroxylation sites is 1. The lowest BCUT2D eigenvalue weighted by molar-refractivity contribution is -0.109. The quantitative estimate of drug-likeness (QED) is 0.124. The van der Waals surface area contributed by atoms with E-state index in [0.29, 0.717) is 10.6 Å². The largest absolute Gasteiger partial charge is 0.490 e. The van der Waals surface area contributed by atoms with Gasteiger partial charge in [-0.25, -0.2) is 9.97 Å². The average Bonchev–Trinajstić information content (AvgIpc) is 3.17. The number of ether oxygens (including phenoxy) is 2. The van der Waals surface area contributed by atoms with Gasteiger partial charge in [-0.3, -0.25) is 9.13 Å². The highest BCUT2D eigenvalue weighted by atomic mass is 32.2. The molecule has 0 radical (unpaired) electrons. The third-order valence-corrected chi connectivity index (χ3v) is 11.6. The number of anilines is 1. The molecule has 0 saturated carbocycles. The molecule has 20 heteroatoms. The molecule has 0 aliphatic carbocycles. The molecular formula is C22H27F6N5O6P2S. The minimum absolute atomic E-state index is 0.0872. The normalized spacial score (nSPS) is 17.1. The molecule has 11 nitrogen and oxygen atoms in total. The number of nitrogens with zero attached hydrogens (tertiary/aromatic N) is 4. The SMILES string of the molecule is CC(C)Oc1ccccc1Sc1nc(N)nc2c1ncn2CC(C)OC(P(=O)(O)CC(F)(F)F)P(=O)(O)CC(F)(F)F. The second-order valence-electron chi connectivity index (χ2n) is 9.50. The van der Waals surface area contributed by atoms with E-state index in [1.165, 1.54) is 10.9 Å². The van der Waals surface area contributed by atoms with Gasteiger partial charge in [0.25, 0.3) is 0 Å². The maximum atomic E-state index is 12.9. The third kappa shape index (κ3) is 9.32. The maximum absolute atomic E-state index is 12.9. The lowest BCUT2D eigenvalue weighted by Crippen LogP contribution is -2.30. The summed E-state index contributed by atoms with van der Waals surface area (Å²) in [5.41, 5.74) is 3.01. The van der Waals surface area contributed by atoms with Gasteiger partial charge in [-0.1, -0.05) is 23.9 Å². The number of imidazole rings is 1. The fourth-order valence-corrected chi connectivity index (χ4v) is 9.63. The van der Waals surface area contributed by atoms with Crippen molar-refractivity contribution in [1.82, 2.24) is 19.5 Å². The number of benzene rings is 1. The van der Waals surface area contributed by atoms with Gasteiger partial charge in [0.1, 0.15) is 28.6 Å². The lowest BCUT2D eigenvalue weighted by Gasteiger charge is -2.30. The van der Waals surface area contributed by atoms with E-state index in [1.54, 1.807) is 24.3 Å². The van der Waals surface area contributed by atoms with Gasteiger partial charge in [0.2, 0.25) is 26.3 Å². The predicted octanol–water partition coefficient (Wildman–Crippen LogP) is 5.70. The molecule has 3 aromatic rings. The van der Waals surface area contributed by atoms with Crippen molar-refractivity contribution >= 4 is 43.6 Å². The van der Waals surface area contributed by atoms with Crippen LogP contribution in [0.2, 0.25) is 0 Å². The summed E-state index contributed by atoms with van der Waals surface area (Å²) in [7, 11) is -11.7. The van der Waals surface area contributed by atoms with E-state index in [4.69, 9.17) is 15.2 Å². The number of hydrogen-bond donors (Lipinski definition) is 3. The van der Waals surface area contributed by atoms with Gasteiger partial charge in [0.15, 0.2) is 5.65 Å². The molecule has 0 fully saturated rings. The van der Waals surface area contributed by atoms with Crippen LogP contribution in [0.3, 0.4) is 0 Å². The number of hydrogen-bond acceptors (Lipinski definition) is 9. The Balaban J connectivity index is 1.93. The zero-order valence-corrected chi connectivity index (χ0v) is 24.8. The van der Waals surface area contributed by atoms with E-state index in [-0.39, 0.29) is 28.2 Å². The highest BCUT2D eigenvalue weighted by molar-refractivity contribution is 7.99. The molecule has 0 aliphatic heterocycles. The zero-order valence-electron chi connectivity index (χ0n) is 22.2. The molecule has 234 valence electrons. The fourth-order valence-electron chi connectivity index (χ4n) is 3.80. The second-order valence-corrected chi connectivity index (χ2v) is 15.5. The first kappa shape index (κ1) is 34.1. The smallest absolute Gasteiger partial charge is 0.398 e. The summed E-state index contributed by atoms with van der Waals surface area (Å²) < 4.78 is 115. The molecule has 0 amide bonds. The summed E-state index contributed by atoms with van der Waals surface area (Å²) >= 11 is 1.14. The predicted molar refractivity (Wildman–Crippen MR) is 142 cm³/mol. The monoisotopic (exact) mass is 665 g/mol. The maximum Gasteiger partial charge on any atom is 0.398 e. The number of nitrogen functional groups attached to an aromatic ring is 1. The van der Waals surface area contributed by atoms with Crippen molar-refractivity contribution in [2.45, 2.75) is 67.4 Å². The molecule has 2 aromatic heterocycles. The molecule has 3 rings (SSSR count). The van der Waals surface area contributed by atoms with Crippen molar-refractivity contribution in [1.29, 1.82) is 0 Å². The minimum Gasteiger partial charge on any atom is -0.490 e. The summed E-state index contributed by atoms with van der Waals surface area (Å²) in [6.45, 7) is 4.39. The Morgan fingerprint density at radius 3 is 2.12 bits per heavy atom. The average molecular weight is 665 g/mol. The van der Waals surface area contributed by atoms with Crippen LogP contribution in [0.5, 0.6) is 5.75 Å². The Morgan fingerprint density at radius 1 is 1.00 bits per heavy atom. The first-order chi connectivity index (χ1) is 19.2. The molecule has 3 atom stereocenters. The molecule has 3 unspecified atom stereocenters. The summed E-state index contributed by atoms with van der Waals surface area (Å²) in [4.78, 5) is 33.2. The van der Waals surface area contributed by atoms with Gasteiger partial charge in [-0.05, 0) is 32.9 Å². The van der Waals surface area contributed by atoms with Crippen LogP contribution in [-0.4, -0.2) is 71.8 Å². The minimum atomic E-state index is -5.84. The van der Waals surface area contributed by atoms with E-state index in [2.05, 4.69) is 15.0 Å². The highest BCUT2D eigenvalue weighted by Gasteiger charge is 2.55. The van der Waals surface area contributed by atoms with Crippen molar-refractivity contribution < 1.29 is 54.7 Å². The first-order valence-corrected chi connectivity index (χ1v) is 16.6. The standard InChI is InChI=1S/C22H27F6N5O6P2S/c1-12(2)38-14-6-4-5-7-15(14)42-18-16-17(31-19(29)32-18)33(11-30-16)8-13(3)39-20(40(34,35)9-21(23,24)25)41(36,37)10-22(26,27)28/h4-7,11-13,20H,8-10H2,1-3H3,(H,34,35)(H,36,37)(H2,29,31,32). The third-order valence-electron chi connectivity index (χ3n) is 5.18. The summed E-state index contributed by atoms with van der Waals surface area (Å²) in [6.07, 6.45) is -16.1. The van der Waals surface area contributed by atoms with Crippen LogP contribution in [0.1, 0.15) is 20.8 Å². The van der Waals surface area contributed by atoms with Crippen LogP contribution in [0.4, 0.5) is 32.3 Å². The zero-order chi connectivity index (χ0) is 31.7. The topological polar surface area (TPSA) is 163 Å².